The van der Waals surface area contributed by atoms with Crippen molar-refractivity contribution in [2.45, 2.75) is 75.0 Å². The summed E-state index contributed by atoms with van der Waals surface area (Å²) in [4.78, 5) is 22.7. The third kappa shape index (κ3) is 4.55. The van der Waals surface area contributed by atoms with Gasteiger partial charge in [-0.15, -0.1) is 0 Å². The normalized spacial score (nSPS) is 45.3. The number of carbonyl (C=O) groups is 2. The molecule has 2 aliphatic rings. The predicted molar refractivity (Wildman–Crippen MR) is 84.2 cm³/mol. The summed E-state index contributed by atoms with van der Waals surface area (Å²) in [5, 5.41) is 61.0. The first-order valence-electron chi connectivity index (χ1n) is 8.37. The van der Waals surface area contributed by atoms with Gasteiger partial charge in [-0.2, -0.15) is 0 Å². The first-order valence-corrected chi connectivity index (χ1v) is 8.37. The van der Waals surface area contributed by atoms with E-state index in [1.807, 2.05) is 0 Å². The standard InChI is InChI=1S/C15H25NO11/c1-4-7(16-5(2)18)12(8(19)6(3-17)25-4)26-15-11(22)9(20)10(21)13(27-15)14(23)24/h4,6-13,15,17,19-22H,3H2,1-2H3,(H,16,18)(H,23,24)/t4-,6?,7?,8-,9-,10+,11?,12+,13?,15+/m0/s1. The lowest BCUT2D eigenvalue weighted by atomic mass is 9.92. The zero-order valence-electron chi connectivity index (χ0n) is 14.7. The van der Waals surface area contributed by atoms with Gasteiger partial charge in [0.05, 0.1) is 18.8 Å². The third-order valence-electron chi connectivity index (χ3n) is 4.62. The summed E-state index contributed by atoms with van der Waals surface area (Å²) in [6.45, 7) is 2.22. The van der Waals surface area contributed by atoms with E-state index < -0.39 is 79.6 Å². The molecule has 0 aromatic heterocycles. The van der Waals surface area contributed by atoms with Gasteiger partial charge in [0, 0.05) is 6.92 Å². The summed E-state index contributed by atoms with van der Waals surface area (Å²) in [6.07, 6.45) is -13.7. The maximum absolute atomic E-state index is 11.5. The molecule has 0 bridgehead atoms. The van der Waals surface area contributed by atoms with Crippen LogP contribution in [0.3, 0.4) is 0 Å². The molecule has 0 aromatic carbocycles. The van der Waals surface area contributed by atoms with Crippen molar-refractivity contribution in [1.82, 2.24) is 5.32 Å². The second-order valence-electron chi connectivity index (χ2n) is 6.61. The smallest absolute Gasteiger partial charge is 0.335 e. The first-order chi connectivity index (χ1) is 12.6. The molecule has 2 saturated heterocycles. The molecule has 27 heavy (non-hydrogen) atoms. The zero-order chi connectivity index (χ0) is 20.5. The lowest BCUT2D eigenvalue weighted by Gasteiger charge is -2.46. The van der Waals surface area contributed by atoms with E-state index in [4.69, 9.17) is 19.3 Å². The van der Waals surface area contributed by atoms with Gasteiger partial charge in [0.2, 0.25) is 5.91 Å². The van der Waals surface area contributed by atoms with E-state index in [9.17, 15) is 35.1 Å². The molecule has 0 radical (unpaired) electrons. The monoisotopic (exact) mass is 395 g/mol. The average molecular weight is 395 g/mol. The van der Waals surface area contributed by atoms with E-state index >= 15 is 0 Å². The minimum atomic E-state index is -1.90. The summed E-state index contributed by atoms with van der Waals surface area (Å²) in [5.41, 5.74) is 0. The summed E-state index contributed by atoms with van der Waals surface area (Å²) in [5.74, 6) is -2.06. The Balaban J connectivity index is 2.25. The van der Waals surface area contributed by atoms with Crippen molar-refractivity contribution in [3.05, 3.63) is 0 Å². The molecule has 0 spiro atoms. The Morgan fingerprint density at radius 2 is 1.67 bits per heavy atom. The van der Waals surface area contributed by atoms with E-state index in [1.165, 1.54) is 6.92 Å². The second-order valence-corrected chi connectivity index (χ2v) is 6.61. The van der Waals surface area contributed by atoms with E-state index in [1.54, 1.807) is 6.92 Å². The van der Waals surface area contributed by atoms with Crippen LogP contribution in [0.25, 0.3) is 0 Å². The molecule has 0 aliphatic carbocycles. The van der Waals surface area contributed by atoms with Crippen LogP contribution in [0.1, 0.15) is 13.8 Å². The molecule has 7 N–H and O–H groups in total. The van der Waals surface area contributed by atoms with Crippen molar-refractivity contribution in [2.75, 3.05) is 6.61 Å². The van der Waals surface area contributed by atoms with Crippen LogP contribution < -0.4 is 5.32 Å². The summed E-state index contributed by atoms with van der Waals surface area (Å²) < 4.78 is 16.0. The number of rotatable bonds is 5. The molecular formula is C15H25NO11. The zero-order valence-corrected chi connectivity index (χ0v) is 14.7. The fourth-order valence-corrected chi connectivity index (χ4v) is 3.20. The van der Waals surface area contributed by atoms with Crippen LogP contribution >= 0.6 is 0 Å². The Morgan fingerprint density at radius 3 is 2.19 bits per heavy atom. The highest BCUT2D eigenvalue weighted by molar-refractivity contribution is 5.73. The number of hydrogen-bond donors (Lipinski definition) is 7. The molecule has 4 unspecified atom stereocenters. The van der Waals surface area contributed by atoms with Crippen molar-refractivity contribution in [3.8, 4) is 0 Å². The highest BCUT2D eigenvalue weighted by atomic mass is 16.7. The van der Waals surface area contributed by atoms with Crippen molar-refractivity contribution in [2.24, 2.45) is 0 Å². The SMILES string of the molecule is CC(=O)NC1[C@H](C)OC(CO)[C@H](O)[C@@H]1O[C@@H]1OC(C(=O)O)[C@H](O)[C@H](O)C1O. The molecule has 2 fully saturated rings. The fourth-order valence-electron chi connectivity index (χ4n) is 3.20. The predicted octanol–water partition coefficient (Wildman–Crippen LogP) is -4.09. The molecule has 2 rings (SSSR count). The van der Waals surface area contributed by atoms with Crippen molar-refractivity contribution in [3.63, 3.8) is 0 Å². The Morgan fingerprint density at radius 1 is 1.04 bits per heavy atom. The number of carbonyl (C=O) groups excluding carboxylic acids is 1. The van der Waals surface area contributed by atoms with Crippen molar-refractivity contribution < 1.29 is 54.4 Å². The van der Waals surface area contributed by atoms with Gasteiger partial charge in [-0.05, 0) is 6.92 Å². The number of carboxylic acids is 1. The lowest BCUT2D eigenvalue weighted by molar-refractivity contribution is -0.325. The number of aliphatic hydroxyl groups is 5. The van der Waals surface area contributed by atoms with Crippen LogP contribution in [0.2, 0.25) is 0 Å². The lowest BCUT2D eigenvalue weighted by Crippen LogP contribution is -2.67. The number of hydrogen-bond acceptors (Lipinski definition) is 10. The number of aliphatic carboxylic acids is 1. The van der Waals surface area contributed by atoms with Gasteiger partial charge >= 0.3 is 5.97 Å². The van der Waals surface area contributed by atoms with Crippen LogP contribution in [0.15, 0.2) is 0 Å². The number of aliphatic hydroxyl groups excluding tert-OH is 5. The van der Waals surface area contributed by atoms with E-state index in [-0.39, 0.29) is 0 Å². The van der Waals surface area contributed by atoms with Crippen LogP contribution in [0.5, 0.6) is 0 Å². The molecule has 0 saturated carbocycles. The van der Waals surface area contributed by atoms with Gasteiger partial charge in [-0.3, -0.25) is 4.79 Å². The average Bonchev–Trinajstić information content (AvgIpc) is 2.60. The van der Waals surface area contributed by atoms with Gasteiger partial charge in [-0.25, -0.2) is 4.79 Å². The molecular weight excluding hydrogens is 370 g/mol. The molecule has 2 heterocycles. The van der Waals surface area contributed by atoms with E-state index in [0.29, 0.717) is 0 Å². The minimum Gasteiger partial charge on any atom is -0.479 e. The van der Waals surface area contributed by atoms with Crippen LogP contribution in [-0.4, -0.2) is 110 Å². The Kier molecular flexibility index (Phi) is 7.10. The third-order valence-corrected chi connectivity index (χ3v) is 4.62. The second kappa shape index (κ2) is 8.75. The van der Waals surface area contributed by atoms with Crippen LogP contribution in [0.4, 0.5) is 0 Å². The van der Waals surface area contributed by atoms with Gasteiger partial charge in [0.15, 0.2) is 12.4 Å². The summed E-state index contributed by atoms with van der Waals surface area (Å²) in [7, 11) is 0. The molecule has 156 valence electrons. The van der Waals surface area contributed by atoms with Crippen molar-refractivity contribution >= 4 is 11.9 Å². The Hall–Kier alpha value is -1.38. The topological polar surface area (TPSA) is 195 Å². The summed E-state index contributed by atoms with van der Waals surface area (Å²) in [6, 6.07) is -0.927. The van der Waals surface area contributed by atoms with Gasteiger partial charge in [0.1, 0.15) is 36.6 Å². The molecule has 12 heteroatoms. The molecule has 0 aromatic rings. The summed E-state index contributed by atoms with van der Waals surface area (Å²) >= 11 is 0. The van der Waals surface area contributed by atoms with Crippen LogP contribution in [-0.2, 0) is 23.8 Å². The van der Waals surface area contributed by atoms with E-state index in [2.05, 4.69) is 5.32 Å². The molecule has 2 aliphatic heterocycles. The van der Waals surface area contributed by atoms with Gasteiger partial charge in [0.25, 0.3) is 0 Å². The highest BCUT2D eigenvalue weighted by Gasteiger charge is 2.51. The number of ether oxygens (including phenoxy) is 3. The quantitative estimate of drug-likeness (QED) is 0.239. The molecule has 1 amide bonds. The Bertz CT molecular complexity index is 546. The van der Waals surface area contributed by atoms with Crippen molar-refractivity contribution in [1.29, 1.82) is 0 Å². The molecule has 12 nitrogen and oxygen atoms in total. The maximum atomic E-state index is 11.5. The fraction of sp³-hybridized carbons (Fsp3) is 0.867. The maximum Gasteiger partial charge on any atom is 0.335 e. The number of nitrogens with one attached hydrogen (secondary N) is 1. The highest BCUT2D eigenvalue weighted by Crippen LogP contribution is 2.29. The van der Waals surface area contributed by atoms with E-state index in [0.717, 1.165) is 0 Å². The first kappa shape index (κ1) is 21.9. The number of amides is 1. The minimum absolute atomic E-state index is 0.470. The Labute approximate surface area is 154 Å². The molecule has 10 atom stereocenters. The van der Waals surface area contributed by atoms with Crippen LogP contribution in [0, 0.1) is 0 Å². The van der Waals surface area contributed by atoms with Gasteiger partial charge in [-0.1, -0.05) is 0 Å². The van der Waals surface area contributed by atoms with Gasteiger partial charge < -0.3 is 50.2 Å². The number of carboxylic acid groups (broad SMARTS) is 1. The largest absolute Gasteiger partial charge is 0.479 e.